The van der Waals surface area contributed by atoms with E-state index in [0.29, 0.717) is 30.2 Å². The summed E-state index contributed by atoms with van der Waals surface area (Å²) >= 11 is 6.23. The lowest BCUT2D eigenvalue weighted by atomic mass is 10.2. The summed E-state index contributed by atoms with van der Waals surface area (Å²) in [5, 5.41) is 12.4. The molecule has 0 spiro atoms. The third-order valence-corrected chi connectivity index (χ3v) is 3.93. The smallest absolute Gasteiger partial charge is 0.322 e. The largest absolute Gasteiger partial charge is 0.396 e. The van der Waals surface area contributed by atoms with Crippen molar-refractivity contribution >= 4 is 23.3 Å². The summed E-state index contributed by atoms with van der Waals surface area (Å²) in [6.45, 7) is 2.82. The third kappa shape index (κ3) is 4.94. The summed E-state index contributed by atoms with van der Waals surface area (Å²) in [5.41, 5.74) is 2.46. The highest BCUT2D eigenvalue weighted by Crippen LogP contribution is 2.25. The standard InChI is InChI=1S/C17H20ClN3O2/c1-13-4-2-5-15(16(13)18)20-17(23)21(10-3-11-22)12-14-6-8-19-9-7-14/h2,4-9,22H,3,10-12H2,1H3,(H,20,23). The number of anilines is 1. The van der Waals surface area contributed by atoms with E-state index >= 15 is 0 Å². The molecule has 0 saturated carbocycles. The van der Waals surface area contributed by atoms with Crippen LogP contribution in [0.2, 0.25) is 5.02 Å². The molecule has 0 atom stereocenters. The van der Waals surface area contributed by atoms with Crippen molar-refractivity contribution in [2.75, 3.05) is 18.5 Å². The second-order valence-electron chi connectivity index (χ2n) is 5.22. The minimum absolute atomic E-state index is 0.0331. The monoisotopic (exact) mass is 333 g/mol. The summed E-state index contributed by atoms with van der Waals surface area (Å²) in [6, 6.07) is 8.97. The number of aliphatic hydroxyl groups is 1. The number of carbonyl (C=O) groups excluding carboxylic acids is 1. The quantitative estimate of drug-likeness (QED) is 0.850. The molecule has 1 aromatic carbocycles. The van der Waals surface area contributed by atoms with E-state index in [1.807, 2.05) is 31.2 Å². The molecular weight excluding hydrogens is 314 g/mol. The van der Waals surface area contributed by atoms with Crippen molar-refractivity contribution in [3.8, 4) is 0 Å². The van der Waals surface area contributed by atoms with E-state index in [1.165, 1.54) is 0 Å². The molecule has 0 aliphatic carbocycles. The minimum atomic E-state index is -0.247. The predicted molar refractivity (Wildman–Crippen MR) is 91.6 cm³/mol. The molecule has 0 fully saturated rings. The number of aryl methyl sites for hydroxylation is 1. The van der Waals surface area contributed by atoms with Crippen LogP contribution in [-0.2, 0) is 6.54 Å². The Balaban J connectivity index is 2.11. The van der Waals surface area contributed by atoms with Crippen molar-refractivity contribution in [1.29, 1.82) is 0 Å². The van der Waals surface area contributed by atoms with Gasteiger partial charge in [-0.15, -0.1) is 0 Å². The second-order valence-corrected chi connectivity index (χ2v) is 5.60. The highest BCUT2D eigenvalue weighted by atomic mass is 35.5. The SMILES string of the molecule is Cc1cccc(NC(=O)N(CCCO)Cc2ccncc2)c1Cl. The molecule has 0 aliphatic rings. The van der Waals surface area contributed by atoms with Crippen LogP contribution < -0.4 is 5.32 Å². The molecule has 1 heterocycles. The van der Waals surface area contributed by atoms with Gasteiger partial charge in [0.2, 0.25) is 0 Å². The van der Waals surface area contributed by atoms with Gasteiger partial charge in [-0.25, -0.2) is 4.79 Å². The second kappa shape index (κ2) is 8.50. The number of aliphatic hydroxyl groups excluding tert-OH is 1. The van der Waals surface area contributed by atoms with Gasteiger partial charge in [0.25, 0.3) is 0 Å². The molecule has 2 aromatic rings. The first-order valence-electron chi connectivity index (χ1n) is 7.42. The Kier molecular flexibility index (Phi) is 6.38. The van der Waals surface area contributed by atoms with Crippen LogP contribution in [0.5, 0.6) is 0 Å². The van der Waals surface area contributed by atoms with E-state index in [1.54, 1.807) is 23.4 Å². The van der Waals surface area contributed by atoms with Crippen LogP contribution in [0, 0.1) is 6.92 Å². The lowest BCUT2D eigenvalue weighted by Crippen LogP contribution is -2.35. The van der Waals surface area contributed by atoms with Gasteiger partial charge in [0.1, 0.15) is 0 Å². The van der Waals surface area contributed by atoms with Crippen molar-refractivity contribution in [2.45, 2.75) is 19.9 Å². The summed E-state index contributed by atoms with van der Waals surface area (Å²) in [4.78, 5) is 18.2. The van der Waals surface area contributed by atoms with Crippen LogP contribution in [0.1, 0.15) is 17.5 Å². The average Bonchev–Trinajstić information content (AvgIpc) is 2.56. The Morgan fingerprint density at radius 2 is 2.04 bits per heavy atom. The van der Waals surface area contributed by atoms with Crippen molar-refractivity contribution < 1.29 is 9.90 Å². The Labute approximate surface area is 140 Å². The van der Waals surface area contributed by atoms with E-state index in [0.717, 1.165) is 11.1 Å². The predicted octanol–water partition coefficient (Wildman–Crippen LogP) is 3.46. The van der Waals surface area contributed by atoms with E-state index < -0.39 is 0 Å². The molecule has 0 bridgehead atoms. The van der Waals surface area contributed by atoms with Gasteiger partial charge in [0, 0.05) is 32.1 Å². The van der Waals surface area contributed by atoms with Gasteiger partial charge in [-0.3, -0.25) is 4.98 Å². The van der Waals surface area contributed by atoms with E-state index in [9.17, 15) is 4.79 Å². The zero-order chi connectivity index (χ0) is 16.7. The number of pyridine rings is 1. The van der Waals surface area contributed by atoms with Crippen LogP contribution in [0.4, 0.5) is 10.5 Å². The van der Waals surface area contributed by atoms with Gasteiger partial charge in [0.05, 0.1) is 10.7 Å². The lowest BCUT2D eigenvalue weighted by molar-refractivity contribution is 0.199. The fraction of sp³-hybridized carbons (Fsp3) is 0.294. The van der Waals surface area contributed by atoms with E-state index in [2.05, 4.69) is 10.3 Å². The maximum atomic E-state index is 12.5. The molecule has 2 rings (SSSR count). The number of carbonyl (C=O) groups is 1. The first kappa shape index (κ1) is 17.2. The highest BCUT2D eigenvalue weighted by molar-refractivity contribution is 6.34. The number of hydrogen-bond acceptors (Lipinski definition) is 3. The zero-order valence-electron chi connectivity index (χ0n) is 13.0. The molecule has 0 unspecified atom stereocenters. The summed E-state index contributed by atoms with van der Waals surface area (Å²) in [5.74, 6) is 0. The molecule has 23 heavy (non-hydrogen) atoms. The van der Waals surface area contributed by atoms with Gasteiger partial charge < -0.3 is 15.3 Å². The Hall–Kier alpha value is -2.11. The number of benzene rings is 1. The van der Waals surface area contributed by atoms with Crippen LogP contribution in [-0.4, -0.2) is 34.2 Å². The number of nitrogens with zero attached hydrogens (tertiary/aromatic N) is 2. The molecule has 1 aromatic heterocycles. The molecule has 2 N–H and O–H groups in total. The van der Waals surface area contributed by atoms with Crippen LogP contribution in [0.3, 0.4) is 0 Å². The van der Waals surface area contributed by atoms with Gasteiger partial charge in [-0.1, -0.05) is 23.7 Å². The summed E-state index contributed by atoms with van der Waals surface area (Å²) in [7, 11) is 0. The summed E-state index contributed by atoms with van der Waals surface area (Å²) in [6.07, 6.45) is 3.89. The van der Waals surface area contributed by atoms with Crippen LogP contribution >= 0.6 is 11.6 Å². The van der Waals surface area contributed by atoms with Crippen molar-refractivity contribution in [2.24, 2.45) is 0 Å². The maximum Gasteiger partial charge on any atom is 0.322 e. The molecule has 122 valence electrons. The highest BCUT2D eigenvalue weighted by Gasteiger charge is 2.15. The van der Waals surface area contributed by atoms with E-state index in [4.69, 9.17) is 16.7 Å². The molecule has 0 saturated heterocycles. The fourth-order valence-electron chi connectivity index (χ4n) is 2.16. The van der Waals surface area contributed by atoms with Gasteiger partial charge in [-0.05, 0) is 42.7 Å². The van der Waals surface area contributed by atoms with Crippen molar-refractivity contribution in [3.05, 3.63) is 58.9 Å². The molecule has 2 amide bonds. The summed E-state index contributed by atoms with van der Waals surface area (Å²) < 4.78 is 0. The van der Waals surface area contributed by atoms with Gasteiger partial charge in [0.15, 0.2) is 0 Å². The number of halogens is 1. The van der Waals surface area contributed by atoms with Crippen molar-refractivity contribution in [3.63, 3.8) is 0 Å². The minimum Gasteiger partial charge on any atom is -0.396 e. The Morgan fingerprint density at radius 1 is 1.30 bits per heavy atom. The normalized spacial score (nSPS) is 10.4. The first-order valence-corrected chi connectivity index (χ1v) is 7.80. The number of rotatable bonds is 6. The number of amides is 2. The molecule has 6 heteroatoms. The van der Waals surface area contributed by atoms with E-state index in [-0.39, 0.29) is 12.6 Å². The average molecular weight is 334 g/mol. The molecular formula is C17H20ClN3O2. The van der Waals surface area contributed by atoms with Gasteiger partial charge >= 0.3 is 6.03 Å². The number of hydrogen-bond donors (Lipinski definition) is 2. The topological polar surface area (TPSA) is 65.5 Å². The third-order valence-electron chi connectivity index (χ3n) is 3.43. The Morgan fingerprint density at radius 3 is 2.74 bits per heavy atom. The Bertz CT molecular complexity index is 650. The molecule has 0 aliphatic heterocycles. The first-order chi connectivity index (χ1) is 11.1. The maximum absolute atomic E-state index is 12.5. The van der Waals surface area contributed by atoms with Crippen LogP contribution in [0.15, 0.2) is 42.7 Å². The van der Waals surface area contributed by atoms with Crippen molar-refractivity contribution in [1.82, 2.24) is 9.88 Å². The molecule has 0 radical (unpaired) electrons. The lowest BCUT2D eigenvalue weighted by Gasteiger charge is -2.23. The number of aromatic nitrogens is 1. The van der Waals surface area contributed by atoms with Gasteiger partial charge in [-0.2, -0.15) is 0 Å². The fourth-order valence-corrected chi connectivity index (χ4v) is 2.33. The number of nitrogens with one attached hydrogen (secondary N) is 1. The molecule has 5 nitrogen and oxygen atoms in total. The zero-order valence-corrected chi connectivity index (χ0v) is 13.8. The van der Waals surface area contributed by atoms with Crippen LogP contribution in [0.25, 0.3) is 0 Å². The number of urea groups is 1.